The first kappa shape index (κ1) is 20.9. The molecule has 1 saturated heterocycles. The molecule has 4 rings (SSSR count). The number of benzene rings is 1. The van der Waals surface area contributed by atoms with E-state index in [9.17, 15) is 23.2 Å². The topological polar surface area (TPSA) is 78.7 Å². The van der Waals surface area contributed by atoms with Crippen molar-refractivity contribution in [1.82, 2.24) is 14.8 Å². The minimum Gasteiger partial charge on any atom is -0.405 e. The lowest BCUT2D eigenvalue weighted by Gasteiger charge is -2.22. The molecule has 2 aliphatic rings. The third-order valence-corrected chi connectivity index (χ3v) is 5.49. The molecule has 3 heterocycles. The first-order valence-corrected chi connectivity index (χ1v) is 9.62. The van der Waals surface area contributed by atoms with Crippen molar-refractivity contribution in [3.8, 4) is 23.2 Å². The first-order chi connectivity index (χ1) is 14.8. The van der Waals surface area contributed by atoms with Crippen molar-refractivity contribution < 1.29 is 27.4 Å². The van der Waals surface area contributed by atoms with Gasteiger partial charge < -0.3 is 19.3 Å². The molecule has 0 bridgehead atoms. The molecule has 1 amide bonds. The molecule has 2 aromatic rings. The van der Waals surface area contributed by atoms with Gasteiger partial charge in [-0.15, -0.1) is 13.2 Å². The van der Waals surface area contributed by atoms with E-state index < -0.39 is 6.36 Å². The van der Waals surface area contributed by atoms with Crippen LogP contribution in [0.25, 0.3) is 11.3 Å². The Labute approximate surface area is 176 Å². The van der Waals surface area contributed by atoms with Crippen LogP contribution in [0.3, 0.4) is 0 Å². The van der Waals surface area contributed by atoms with Crippen LogP contribution in [0.15, 0.2) is 36.4 Å². The number of ether oxygens (including phenoxy) is 2. The summed E-state index contributed by atoms with van der Waals surface area (Å²) >= 11 is 0. The highest BCUT2D eigenvalue weighted by molar-refractivity contribution is 5.97. The Bertz CT molecular complexity index is 1040. The molecule has 0 unspecified atom stereocenters. The van der Waals surface area contributed by atoms with E-state index in [1.165, 1.54) is 18.2 Å². The number of fused-ring (bicyclic) bond motifs is 1. The monoisotopic (exact) mass is 432 g/mol. The van der Waals surface area contributed by atoms with Crippen LogP contribution in [0.4, 0.5) is 13.2 Å². The summed E-state index contributed by atoms with van der Waals surface area (Å²) in [7, 11) is 1.56. The normalized spacial score (nSPS) is 20.7. The van der Waals surface area contributed by atoms with Gasteiger partial charge in [0.15, 0.2) is 6.19 Å². The van der Waals surface area contributed by atoms with Crippen molar-refractivity contribution in [1.29, 1.82) is 5.26 Å². The van der Waals surface area contributed by atoms with E-state index in [1.807, 2.05) is 0 Å². The number of methoxy groups -OCH3 is 1. The van der Waals surface area contributed by atoms with Gasteiger partial charge >= 0.3 is 6.36 Å². The Morgan fingerprint density at radius 2 is 2.03 bits per heavy atom. The second-order valence-electron chi connectivity index (χ2n) is 7.43. The Morgan fingerprint density at radius 1 is 1.26 bits per heavy atom. The number of hydrogen-bond acceptors (Lipinski definition) is 6. The fourth-order valence-corrected chi connectivity index (χ4v) is 4.12. The molecule has 2 atom stereocenters. The number of aromatic nitrogens is 1. The van der Waals surface area contributed by atoms with Crippen LogP contribution >= 0.6 is 0 Å². The van der Waals surface area contributed by atoms with E-state index in [0.29, 0.717) is 31.7 Å². The van der Waals surface area contributed by atoms with Crippen LogP contribution in [0.5, 0.6) is 5.75 Å². The van der Waals surface area contributed by atoms with Gasteiger partial charge in [-0.3, -0.25) is 4.79 Å². The number of halogens is 3. The summed E-state index contributed by atoms with van der Waals surface area (Å²) in [6, 6.07) is 8.68. The molecule has 1 aromatic heterocycles. The summed E-state index contributed by atoms with van der Waals surface area (Å²) in [5.74, 6) is -0.681. The molecule has 1 fully saturated rings. The lowest BCUT2D eigenvalue weighted by atomic mass is 10.1. The molecule has 0 aliphatic carbocycles. The minimum atomic E-state index is -4.84. The number of nitriles is 1. The van der Waals surface area contributed by atoms with Gasteiger partial charge in [-0.1, -0.05) is 18.2 Å². The van der Waals surface area contributed by atoms with Gasteiger partial charge in [0.25, 0.3) is 5.91 Å². The largest absolute Gasteiger partial charge is 0.573 e. The van der Waals surface area contributed by atoms with E-state index in [2.05, 4.69) is 15.9 Å². The molecule has 7 nitrogen and oxygen atoms in total. The van der Waals surface area contributed by atoms with Crippen molar-refractivity contribution in [3.63, 3.8) is 0 Å². The number of likely N-dealkylation sites (tertiary alicyclic amines) is 1. The Kier molecular flexibility index (Phi) is 5.45. The summed E-state index contributed by atoms with van der Waals surface area (Å²) in [6.07, 6.45) is -2.11. The van der Waals surface area contributed by atoms with Crippen molar-refractivity contribution in [2.75, 3.05) is 20.3 Å². The Hall–Kier alpha value is -3.32. The second-order valence-corrected chi connectivity index (χ2v) is 7.43. The van der Waals surface area contributed by atoms with Crippen LogP contribution in [-0.4, -0.2) is 59.4 Å². The van der Waals surface area contributed by atoms with Crippen molar-refractivity contribution in [3.05, 3.63) is 47.7 Å². The summed E-state index contributed by atoms with van der Waals surface area (Å²) in [5.41, 5.74) is 1.27. The van der Waals surface area contributed by atoms with E-state index in [1.54, 1.807) is 35.1 Å². The highest BCUT2D eigenvalue weighted by Crippen LogP contribution is 2.35. The Balaban J connectivity index is 1.59. The minimum absolute atomic E-state index is 0.105. The number of rotatable bonds is 5. The number of pyridine rings is 1. The summed E-state index contributed by atoms with van der Waals surface area (Å²) in [5, 5.41) is 9.34. The number of nitrogens with zero attached hydrogens (tertiary/aromatic N) is 4. The van der Waals surface area contributed by atoms with Gasteiger partial charge in [-0.25, -0.2) is 4.98 Å². The fraction of sp³-hybridized carbons (Fsp3) is 0.381. The number of alkyl halides is 3. The predicted molar refractivity (Wildman–Crippen MR) is 103 cm³/mol. The lowest BCUT2D eigenvalue weighted by Crippen LogP contribution is -2.37. The van der Waals surface area contributed by atoms with E-state index in [-0.39, 0.29) is 40.7 Å². The van der Waals surface area contributed by atoms with E-state index in [0.717, 1.165) is 0 Å². The summed E-state index contributed by atoms with van der Waals surface area (Å²) in [6.45, 7) is 1.13. The van der Waals surface area contributed by atoms with Crippen LogP contribution < -0.4 is 4.74 Å². The zero-order valence-electron chi connectivity index (χ0n) is 16.6. The summed E-state index contributed by atoms with van der Waals surface area (Å²) in [4.78, 5) is 20.7. The van der Waals surface area contributed by atoms with Gasteiger partial charge in [0.05, 0.1) is 24.4 Å². The average Bonchev–Trinajstić information content (AvgIpc) is 3.28. The van der Waals surface area contributed by atoms with Crippen molar-refractivity contribution in [2.45, 2.75) is 31.4 Å². The van der Waals surface area contributed by atoms with Crippen LogP contribution in [-0.2, 0) is 11.3 Å². The molecular weight excluding hydrogens is 413 g/mol. The molecular formula is C21H19F3N4O3. The fourth-order valence-electron chi connectivity index (χ4n) is 4.12. The van der Waals surface area contributed by atoms with Crippen molar-refractivity contribution >= 4 is 5.91 Å². The van der Waals surface area contributed by atoms with E-state index in [4.69, 9.17) is 4.74 Å². The van der Waals surface area contributed by atoms with Gasteiger partial charge in [-0.2, -0.15) is 5.26 Å². The number of carbonyl (C=O) groups excluding carboxylic acids is 1. The molecule has 2 aliphatic heterocycles. The van der Waals surface area contributed by atoms with Gasteiger partial charge in [0.1, 0.15) is 11.4 Å². The molecule has 31 heavy (non-hydrogen) atoms. The van der Waals surface area contributed by atoms with Gasteiger partial charge in [0.2, 0.25) is 0 Å². The smallest absolute Gasteiger partial charge is 0.405 e. The molecule has 0 radical (unpaired) electrons. The number of amides is 1. The number of carbonyl (C=O) groups is 1. The second kappa shape index (κ2) is 8.07. The zero-order chi connectivity index (χ0) is 22.2. The molecule has 0 spiro atoms. The molecule has 162 valence electrons. The van der Waals surface area contributed by atoms with E-state index >= 15 is 0 Å². The number of para-hydroxylation sites is 1. The predicted octanol–water partition coefficient (Wildman–Crippen LogP) is 3.17. The first-order valence-electron chi connectivity index (χ1n) is 9.62. The maximum absolute atomic E-state index is 13.1. The van der Waals surface area contributed by atoms with Gasteiger partial charge in [0, 0.05) is 31.3 Å². The SMILES string of the molecule is COC[C@@H]1C[C@@H](N2Cc3ccc(-c4ccccc4OC(F)(F)F)nc3C2=O)CN1C#N. The number of hydrogen-bond donors (Lipinski definition) is 0. The Morgan fingerprint density at radius 3 is 2.74 bits per heavy atom. The van der Waals surface area contributed by atoms with Crippen LogP contribution in [0.2, 0.25) is 0 Å². The zero-order valence-corrected chi connectivity index (χ0v) is 16.6. The average molecular weight is 432 g/mol. The standard InChI is InChI=1S/C21H19F3N4O3/c1-30-11-15-8-14(10-27(15)12-25)28-9-13-6-7-17(26-19(13)20(28)29)16-4-2-3-5-18(16)31-21(22,23)24/h2-7,14-15H,8-11H2,1H3/t14-,15+/m1/s1. The van der Waals surface area contributed by atoms with Crippen molar-refractivity contribution in [2.24, 2.45) is 0 Å². The maximum Gasteiger partial charge on any atom is 0.573 e. The lowest BCUT2D eigenvalue weighted by molar-refractivity contribution is -0.274. The summed E-state index contributed by atoms with van der Waals surface area (Å²) < 4.78 is 47.5. The van der Waals surface area contributed by atoms with Crippen LogP contribution in [0.1, 0.15) is 22.5 Å². The highest BCUT2D eigenvalue weighted by Gasteiger charge is 2.41. The third-order valence-electron chi connectivity index (χ3n) is 5.49. The third kappa shape index (κ3) is 4.14. The molecule has 0 N–H and O–H groups in total. The van der Waals surface area contributed by atoms with Gasteiger partial charge in [-0.05, 0) is 24.6 Å². The molecule has 0 saturated carbocycles. The molecule has 1 aromatic carbocycles. The molecule has 10 heteroatoms. The maximum atomic E-state index is 13.1. The van der Waals surface area contributed by atoms with Crippen LogP contribution in [0, 0.1) is 11.5 Å². The highest BCUT2D eigenvalue weighted by atomic mass is 19.4. The quantitative estimate of drug-likeness (QED) is 0.676.